The number of hydrogen-bond donors (Lipinski definition) is 2. The van der Waals surface area contributed by atoms with E-state index in [1.807, 2.05) is 0 Å². The minimum atomic E-state index is -0.718. The minimum absolute atomic E-state index is 0.0408. The first-order valence-corrected chi connectivity index (χ1v) is 4.86. The Bertz CT molecular complexity index is 409. The summed E-state index contributed by atoms with van der Waals surface area (Å²) in [7, 11) is 2.97. The average Bonchev–Trinajstić information content (AvgIpc) is 2.29. The topological polar surface area (TPSA) is 110 Å². The third kappa shape index (κ3) is 3.22. The van der Waals surface area contributed by atoms with Crippen LogP contribution in [0.1, 0.15) is 10.5 Å². The zero-order chi connectivity index (χ0) is 12.8. The van der Waals surface area contributed by atoms with Crippen LogP contribution in [0.3, 0.4) is 0 Å². The molecule has 0 saturated carbocycles. The molecule has 1 aromatic rings. The monoisotopic (exact) mass is 241 g/mol. The molecule has 0 aliphatic carbocycles. The number of hydrogen-bond acceptors (Lipinski definition) is 6. The number of nitrogen functional groups attached to an aromatic ring is 1. The van der Waals surface area contributed by atoms with E-state index in [9.17, 15) is 4.79 Å². The maximum atomic E-state index is 11.0. The van der Waals surface area contributed by atoms with Gasteiger partial charge in [0.05, 0.1) is 19.4 Å². The molecule has 0 unspecified atom stereocenters. The Morgan fingerprint density at radius 2 is 2.12 bits per heavy atom. The lowest BCUT2D eigenvalue weighted by Crippen LogP contribution is -2.17. The second-order valence-electron chi connectivity index (χ2n) is 3.14. The standard InChI is InChI=1S/C10H15N3O4/c1-15-3-4-17-7-5-6(11)8(9(12)14)13-10(7)16-2/h5H,3-4,11H2,1-2H3,(H2,12,14). The van der Waals surface area contributed by atoms with Crippen LogP contribution in [0.5, 0.6) is 11.6 Å². The van der Waals surface area contributed by atoms with Crippen LogP contribution in [0, 0.1) is 0 Å². The number of amides is 1. The number of primary amides is 1. The van der Waals surface area contributed by atoms with Gasteiger partial charge in [-0.1, -0.05) is 0 Å². The van der Waals surface area contributed by atoms with Crippen LogP contribution in [0.25, 0.3) is 0 Å². The van der Waals surface area contributed by atoms with E-state index in [2.05, 4.69) is 4.98 Å². The molecular formula is C10H15N3O4. The van der Waals surface area contributed by atoms with Crippen LogP contribution < -0.4 is 20.9 Å². The number of carbonyl (C=O) groups excluding carboxylic acids is 1. The normalized spacial score (nSPS) is 10.0. The number of nitrogens with two attached hydrogens (primary N) is 2. The van der Waals surface area contributed by atoms with E-state index in [0.717, 1.165) is 0 Å². The highest BCUT2D eigenvalue weighted by Gasteiger charge is 2.15. The van der Waals surface area contributed by atoms with Crippen molar-refractivity contribution in [3.63, 3.8) is 0 Å². The van der Waals surface area contributed by atoms with Crippen LogP contribution >= 0.6 is 0 Å². The molecule has 1 heterocycles. The highest BCUT2D eigenvalue weighted by Crippen LogP contribution is 2.28. The van der Waals surface area contributed by atoms with E-state index >= 15 is 0 Å². The second-order valence-corrected chi connectivity index (χ2v) is 3.14. The van der Waals surface area contributed by atoms with E-state index in [4.69, 9.17) is 25.7 Å². The van der Waals surface area contributed by atoms with Gasteiger partial charge >= 0.3 is 0 Å². The van der Waals surface area contributed by atoms with E-state index in [1.54, 1.807) is 7.11 Å². The molecule has 0 bridgehead atoms. The van der Waals surface area contributed by atoms with E-state index < -0.39 is 5.91 Å². The molecule has 1 rings (SSSR count). The van der Waals surface area contributed by atoms with Gasteiger partial charge in [0, 0.05) is 13.2 Å². The molecule has 4 N–H and O–H groups in total. The first-order valence-electron chi connectivity index (χ1n) is 4.86. The van der Waals surface area contributed by atoms with Crippen molar-refractivity contribution in [1.82, 2.24) is 4.98 Å². The summed E-state index contributed by atoms with van der Waals surface area (Å²) in [6.45, 7) is 0.741. The smallest absolute Gasteiger partial charge is 0.269 e. The molecule has 0 atom stereocenters. The summed E-state index contributed by atoms with van der Waals surface area (Å²) in [6.07, 6.45) is 0. The van der Waals surface area contributed by atoms with Gasteiger partial charge in [0.25, 0.3) is 11.8 Å². The molecule has 94 valence electrons. The Kier molecular flexibility index (Phi) is 4.53. The van der Waals surface area contributed by atoms with Gasteiger partial charge < -0.3 is 25.7 Å². The predicted octanol–water partition coefficient (Wildman–Crippen LogP) is -0.203. The number of anilines is 1. The van der Waals surface area contributed by atoms with Gasteiger partial charge in [0.15, 0.2) is 11.4 Å². The van der Waals surface area contributed by atoms with Crippen molar-refractivity contribution in [3.8, 4) is 11.6 Å². The number of aromatic nitrogens is 1. The Balaban J connectivity index is 2.97. The fourth-order valence-electron chi connectivity index (χ4n) is 1.17. The lowest BCUT2D eigenvalue weighted by atomic mass is 10.3. The van der Waals surface area contributed by atoms with Gasteiger partial charge in [0.2, 0.25) is 0 Å². The Hall–Kier alpha value is -2.02. The highest BCUT2D eigenvalue weighted by atomic mass is 16.5. The Morgan fingerprint density at radius 3 is 2.65 bits per heavy atom. The molecular weight excluding hydrogens is 226 g/mol. The van der Waals surface area contributed by atoms with Gasteiger partial charge in [-0.05, 0) is 0 Å². The summed E-state index contributed by atoms with van der Waals surface area (Å²) >= 11 is 0. The average molecular weight is 241 g/mol. The molecule has 1 aromatic heterocycles. The second kappa shape index (κ2) is 5.90. The summed E-state index contributed by atoms with van der Waals surface area (Å²) < 4.78 is 15.2. The molecule has 0 fully saturated rings. The molecule has 17 heavy (non-hydrogen) atoms. The molecule has 7 heteroatoms. The first-order chi connectivity index (χ1) is 8.10. The van der Waals surface area contributed by atoms with Crippen molar-refractivity contribution in [2.24, 2.45) is 5.73 Å². The minimum Gasteiger partial charge on any atom is -0.485 e. The lowest BCUT2D eigenvalue weighted by Gasteiger charge is -2.11. The van der Waals surface area contributed by atoms with Crippen molar-refractivity contribution >= 4 is 11.6 Å². The molecule has 0 saturated heterocycles. The fourth-order valence-corrected chi connectivity index (χ4v) is 1.17. The van der Waals surface area contributed by atoms with Crippen molar-refractivity contribution < 1.29 is 19.0 Å². The number of nitrogens with zero attached hydrogens (tertiary/aromatic N) is 1. The zero-order valence-electron chi connectivity index (χ0n) is 9.73. The zero-order valence-corrected chi connectivity index (χ0v) is 9.73. The maximum absolute atomic E-state index is 11.0. The molecule has 1 amide bonds. The number of ether oxygens (including phenoxy) is 3. The Labute approximate surface area is 98.7 Å². The van der Waals surface area contributed by atoms with Gasteiger partial charge in [-0.25, -0.2) is 4.98 Å². The quantitative estimate of drug-likeness (QED) is 0.667. The molecule has 0 aromatic carbocycles. The maximum Gasteiger partial charge on any atom is 0.269 e. The number of pyridine rings is 1. The summed E-state index contributed by atoms with van der Waals surface area (Å²) in [4.78, 5) is 14.9. The van der Waals surface area contributed by atoms with Crippen LogP contribution in [0.4, 0.5) is 5.69 Å². The van der Waals surface area contributed by atoms with Gasteiger partial charge in [-0.2, -0.15) is 0 Å². The van der Waals surface area contributed by atoms with Crippen LogP contribution in [-0.2, 0) is 4.74 Å². The number of carbonyl (C=O) groups is 1. The van der Waals surface area contributed by atoms with E-state index in [0.29, 0.717) is 19.0 Å². The van der Waals surface area contributed by atoms with E-state index in [-0.39, 0.29) is 17.3 Å². The summed E-state index contributed by atoms with van der Waals surface area (Å²) in [5, 5.41) is 0. The molecule has 0 spiro atoms. The van der Waals surface area contributed by atoms with Crippen molar-refractivity contribution in [1.29, 1.82) is 0 Å². The SMILES string of the molecule is COCCOc1cc(N)c(C(N)=O)nc1OC. The lowest BCUT2D eigenvalue weighted by molar-refractivity contribution is 0.0995. The fraction of sp³-hybridized carbons (Fsp3) is 0.400. The van der Waals surface area contributed by atoms with Crippen LogP contribution in [-0.4, -0.2) is 38.3 Å². The highest BCUT2D eigenvalue weighted by molar-refractivity contribution is 5.96. The van der Waals surface area contributed by atoms with Crippen LogP contribution in [0.2, 0.25) is 0 Å². The van der Waals surface area contributed by atoms with Crippen molar-refractivity contribution in [2.45, 2.75) is 0 Å². The Morgan fingerprint density at radius 1 is 1.41 bits per heavy atom. The first kappa shape index (κ1) is 13.0. The molecule has 0 aliphatic rings. The van der Waals surface area contributed by atoms with Gasteiger partial charge in [-0.3, -0.25) is 4.79 Å². The predicted molar refractivity (Wildman–Crippen MR) is 61.1 cm³/mol. The molecule has 0 radical (unpaired) electrons. The summed E-state index contributed by atoms with van der Waals surface area (Å²) in [5.74, 6) is -0.222. The van der Waals surface area contributed by atoms with Crippen LogP contribution in [0.15, 0.2) is 6.07 Å². The van der Waals surface area contributed by atoms with E-state index in [1.165, 1.54) is 13.2 Å². The molecule has 7 nitrogen and oxygen atoms in total. The van der Waals surface area contributed by atoms with Crippen molar-refractivity contribution in [2.75, 3.05) is 33.2 Å². The van der Waals surface area contributed by atoms with Crippen molar-refractivity contribution in [3.05, 3.63) is 11.8 Å². The third-order valence-electron chi connectivity index (χ3n) is 1.96. The molecule has 0 aliphatic heterocycles. The van der Waals surface area contributed by atoms with Gasteiger partial charge in [-0.15, -0.1) is 0 Å². The largest absolute Gasteiger partial charge is 0.485 e. The number of methoxy groups -OCH3 is 2. The summed E-state index contributed by atoms with van der Waals surface area (Å²) in [6, 6.07) is 1.45. The summed E-state index contributed by atoms with van der Waals surface area (Å²) in [5.41, 5.74) is 10.8. The number of rotatable bonds is 6. The third-order valence-corrected chi connectivity index (χ3v) is 1.96. The van der Waals surface area contributed by atoms with Gasteiger partial charge in [0.1, 0.15) is 6.61 Å².